The van der Waals surface area contributed by atoms with Gasteiger partial charge in [0, 0.05) is 11.6 Å². The zero-order valence-electron chi connectivity index (χ0n) is 15.3. The number of nitrogens with two attached hydrogens (primary N) is 1. The molecule has 0 unspecified atom stereocenters. The number of ether oxygens (including phenoxy) is 3. The minimum atomic E-state index is -0.470. The lowest BCUT2D eigenvalue weighted by Crippen LogP contribution is -2.11. The van der Waals surface area contributed by atoms with Crippen molar-refractivity contribution in [1.29, 1.82) is 0 Å². The molecular formula is C21H17N3O4. The second-order valence-electron chi connectivity index (χ2n) is 6.06. The summed E-state index contributed by atoms with van der Waals surface area (Å²) in [5.41, 5.74) is 6.58. The lowest BCUT2D eigenvalue weighted by Gasteiger charge is -2.12. The summed E-state index contributed by atoms with van der Waals surface area (Å²) in [4.78, 5) is 20.1. The first-order valence-electron chi connectivity index (χ1n) is 8.48. The molecule has 0 atom stereocenters. The number of hydrogen-bond acceptors (Lipinski definition) is 6. The first-order valence-corrected chi connectivity index (χ1v) is 8.48. The SMILES string of the molecule is COc1cc2ncnc(Oc3ccc4c(C(N)=O)cccc4c3)c2cc1OC. The van der Waals surface area contributed by atoms with Crippen LogP contribution in [0.25, 0.3) is 21.7 Å². The number of primary amides is 1. The predicted octanol–water partition coefficient (Wildman–Crippen LogP) is 3.69. The fourth-order valence-electron chi connectivity index (χ4n) is 3.09. The second kappa shape index (κ2) is 7.03. The summed E-state index contributed by atoms with van der Waals surface area (Å²) in [6.45, 7) is 0. The standard InChI is InChI=1S/C21H17N3O4/c1-26-18-9-16-17(10-19(18)27-2)23-11-24-21(16)28-13-6-7-14-12(8-13)4-3-5-15(14)20(22)25/h3-11H,1-2H3,(H2,22,25). The van der Waals surface area contributed by atoms with Crippen molar-refractivity contribution in [3.8, 4) is 23.1 Å². The van der Waals surface area contributed by atoms with E-state index in [2.05, 4.69) is 9.97 Å². The molecular weight excluding hydrogens is 358 g/mol. The Morgan fingerprint density at radius 1 is 0.929 bits per heavy atom. The molecule has 2 N–H and O–H groups in total. The number of aromatic nitrogens is 2. The van der Waals surface area contributed by atoms with Crippen LogP contribution in [-0.2, 0) is 0 Å². The van der Waals surface area contributed by atoms with Crippen LogP contribution < -0.4 is 19.9 Å². The van der Waals surface area contributed by atoms with Crippen molar-refractivity contribution in [2.24, 2.45) is 5.73 Å². The minimum absolute atomic E-state index is 0.386. The van der Waals surface area contributed by atoms with Crippen molar-refractivity contribution in [3.05, 3.63) is 60.4 Å². The van der Waals surface area contributed by atoms with Crippen LogP contribution in [0.2, 0.25) is 0 Å². The molecule has 0 saturated carbocycles. The fourth-order valence-corrected chi connectivity index (χ4v) is 3.09. The van der Waals surface area contributed by atoms with Crippen molar-refractivity contribution < 1.29 is 19.0 Å². The summed E-state index contributed by atoms with van der Waals surface area (Å²) < 4.78 is 16.7. The number of methoxy groups -OCH3 is 2. The van der Waals surface area contributed by atoms with E-state index in [1.54, 1.807) is 50.6 Å². The Hall–Kier alpha value is -3.87. The van der Waals surface area contributed by atoms with Gasteiger partial charge in [-0.1, -0.05) is 12.1 Å². The summed E-state index contributed by atoms with van der Waals surface area (Å²) in [7, 11) is 3.13. The topological polar surface area (TPSA) is 96.6 Å². The summed E-state index contributed by atoms with van der Waals surface area (Å²) in [5.74, 6) is 1.62. The van der Waals surface area contributed by atoms with Gasteiger partial charge in [-0.2, -0.15) is 0 Å². The van der Waals surface area contributed by atoms with Gasteiger partial charge in [-0.25, -0.2) is 9.97 Å². The summed E-state index contributed by atoms with van der Waals surface area (Å²) >= 11 is 0. The van der Waals surface area contributed by atoms with E-state index in [9.17, 15) is 4.79 Å². The molecule has 0 aliphatic carbocycles. The minimum Gasteiger partial charge on any atom is -0.493 e. The van der Waals surface area contributed by atoms with Crippen LogP contribution in [0.5, 0.6) is 23.1 Å². The third kappa shape index (κ3) is 3.03. The van der Waals surface area contributed by atoms with Gasteiger partial charge < -0.3 is 19.9 Å². The number of benzene rings is 3. The number of carbonyl (C=O) groups excluding carboxylic acids is 1. The van der Waals surface area contributed by atoms with Gasteiger partial charge in [-0.3, -0.25) is 4.79 Å². The van der Waals surface area contributed by atoms with Crippen molar-refractivity contribution in [2.45, 2.75) is 0 Å². The Labute approximate surface area is 160 Å². The number of rotatable bonds is 5. The van der Waals surface area contributed by atoms with E-state index >= 15 is 0 Å². The van der Waals surface area contributed by atoms with Gasteiger partial charge in [0.2, 0.25) is 11.8 Å². The summed E-state index contributed by atoms with van der Waals surface area (Å²) in [6, 6.07) is 14.3. The van der Waals surface area contributed by atoms with Crippen molar-refractivity contribution >= 4 is 27.6 Å². The normalized spacial score (nSPS) is 10.8. The molecule has 0 saturated heterocycles. The highest BCUT2D eigenvalue weighted by atomic mass is 16.5. The Bertz CT molecular complexity index is 1210. The molecule has 28 heavy (non-hydrogen) atoms. The van der Waals surface area contributed by atoms with E-state index in [1.807, 2.05) is 12.1 Å². The molecule has 1 aromatic heterocycles. The maximum absolute atomic E-state index is 11.6. The summed E-state index contributed by atoms with van der Waals surface area (Å²) in [5, 5.41) is 2.29. The highest BCUT2D eigenvalue weighted by Crippen LogP contribution is 2.36. The average molecular weight is 375 g/mol. The smallest absolute Gasteiger partial charge is 0.249 e. The van der Waals surface area contributed by atoms with Gasteiger partial charge in [0.05, 0.1) is 25.1 Å². The van der Waals surface area contributed by atoms with E-state index < -0.39 is 5.91 Å². The Kier molecular flexibility index (Phi) is 4.41. The highest BCUT2D eigenvalue weighted by Gasteiger charge is 2.13. The highest BCUT2D eigenvalue weighted by molar-refractivity contribution is 6.06. The van der Waals surface area contributed by atoms with Crippen LogP contribution in [0.4, 0.5) is 0 Å². The molecule has 0 bridgehead atoms. The predicted molar refractivity (Wildman–Crippen MR) is 105 cm³/mol. The quantitative estimate of drug-likeness (QED) is 0.571. The lowest BCUT2D eigenvalue weighted by atomic mass is 10.0. The van der Waals surface area contributed by atoms with Gasteiger partial charge in [-0.05, 0) is 41.1 Å². The van der Waals surface area contributed by atoms with Gasteiger partial charge in [0.1, 0.15) is 12.1 Å². The van der Waals surface area contributed by atoms with Crippen molar-refractivity contribution in [2.75, 3.05) is 14.2 Å². The Morgan fingerprint density at radius 2 is 1.71 bits per heavy atom. The number of amides is 1. The largest absolute Gasteiger partial charge is 0.493 e. The van der Waals surface area contributed by atoms with Gasteiger partial charge >= 0.3 is 0 Å². The van der Waals surface area contributed by atoms with Crippen molar-refractivity contribution in [3.63, 3.8) is 0 Å². The molecule has 3 aromatic carbocycles. The maximum atomic E-state index is 11.6. The number of fused-ring (bicyclic) bond motifs is 2. The molecule has 0 aliphatic heterocycles. The molecule has 4 rings (SSSR count). The van der Waals surface area contributed by atoms with E-state index in [1.165, 1.54) is 6.33 Å². The lowest BCUT2D eigenvalue weighted by molar-refractivity contribution is 0.100. The van der Waals surface area contributed by atoms with Crippen LogP contribution in [0.3, 0.4) is 0 Å². The molecule has 0 aliphatic rings. The van der Waals surface area contributed by atoms with E-state index in [0.29, 0.717) is 39.6 Å². The van der Waals surface area contributed by atoms with E-state index in [0.717, 1.165) is 10.8 Å². The monoisotopic (exact) mass is 375 g/mol. The first-order chi connectivity index (χ1) is 13.6. The molecule has 140 valence electrons. The Balaban J connectivity index is 1.78. The Morgan fingerprint density at radius 3 is 2.46 bits per heavy atom. The maximum Gasteiger partial charge on any atom is 0.249 e. The number of nitrogens with zero attached hydrogens (tertiary/aromatic N) is 2. The van der Waals surface area contributed by atoms with Gasteiger partial charge in [0.25, 0.3) is 0 Å². The van der Waals surface area contributed by atoms with Crippen LogP contribution in [-0.4, -0.2) is 30.1 Å². The molecule has 0 fully saturated rings. The molecule has 1 amide bonds. The molecule has 1 heterocycles. The zero-order chi connectivity index (χ0) is 19.7. The zero-order valence-corrected chi connectivity index (χ0v) is 15.3. The molecule has 7 heteroatoms. The van der Waals surface area contributed by atoms with Gasteiger partial charge in [-0.15, -0.1) is 0 Å². The van der Waals surface area contributed by atoms with Crippen LogP contribution in [0.1, 0.15) is 10.4 Å². The third-order valence-corrected chi connectivity index (χ3v) is 4.44. The average Bonchev–Trinajstić information content (AvgIpc) is 2.72. The van der Waals surface area contributed by atoms with Crippen LogP contribution in [0, 0.1) is 0 Å². The molecule has 7 nitrogen and oxygen atoms in total. The molecule has 0 spiro atoms. The molecule has 4 aromatic rings. The van der Waals surface area contributed by atoms with Crippen LogP contribution >= 0.6 is 0 Å². The summed E-state index contributed by atoms with van der Waals surface area (Å²) in [6.07, 6.45) is 1.43. The molecule has 0 radical (unpaired) electrons. The second-order valence-corrected chi connectivity index (χ2v) is 6.06. The van der Waals surface area contributed by atoms with Crippen LogP contribution in [0.15, 0.2) is 54.9 Å². The number of hydrogen-bond donors (Lipinski definition) is 1. The van der Waals surface area contributed by atoms with Crippen molar-refractivity contribution in [1.82, 2.24) is 9.97 Å². The number of carbonyl (C=O) groups is 1. The first kappa shape index (κ1) is 17.5. The van der Waals surface area contributed by atoms with E-state index in [-0.39, 0.29) is 0 Å². The third-order valence-electron chi connectivity index (χ3n) is 4.44. The van der Waals surface area contributed by atoms with E-state index in [4.69, 9.17) is 19.9 Å². The fraction of sp³-hybridized carbons (Fsp3) is 0.0952. The van der Waals surface area contributed by atoms with Gasteiger partial charge in [0.15, 0.2) is 11.5 Å².